The molecule has 18 heavy (non-hydrogen) atoms. The van der Waals surface area contributed by atoms with Crippen molar-refractivity contribution in [2.24, 2.45) is 0 Å². The van der Waals surface area contributed by atoms with Crippen LogP contribution in [-0.4, -0.2) is 55.5 Å². The molecule has 2 rings (SSSR count). The zero-order valence-corrected chi connectivity index (χ0v) is 11.4. The zero-order chi connectivity index (χ0) is 13.0. The summed E-state index contributed by atoms with van der Waals surface area (Å²) in [7, 11) is 0. The standard InChI is InChI=1S/C11H16Cl2O5/c12-5-9-7(1-3-15-9)17-11(14)18-8-2-4-16-10(8)6-13/h7-10H,1-6H2. The largest absolute Gasteiger partial charge is 0.509 e. The third kappa shape index (κ3) is 3.41. The van der Waals surface area contributed by atoms with Crippen LogP contribution in [0.15, 0.2) is 0 Å². The maximum atomic E-state index is 11.6. The minimum absolute atomic E-state index is 0.247. The van der Waals surface area contributed by atoms with Gasteiger partial charge in [0.1, 0.15) is 24.4 Å². The first kappa shape index (κ1) is 14.2. The first-order valence-electron chi connectivity index (χ1n) is 5.97. The van der Waals surface area contributed by atoms with E-state index in [4.69, 9.17) is 42.1 Å². The summed E-state index contributed by atoms with van der Waals surface area (Å²) < 4.78 is 21.0. The van der Waals surface area contributed by atoms with Crippen molar-refractivity contribution in [2.45, 2.75) is 37.3 Å². The highest BCUT2D eigenvalue weighted by atomic mass is 35.5. The Hall–Kier alpha value is -0.230. The van der Waals surface area contributed by atoms with E-state index in [2.05, 4.69) is 0 Å². The Morgan fingerprint density at radius 3 is 1.83 bits per heavy atom. The fourth-order valence-electron chi connectivity index (χ4n) is 2.09. The number of halogens is 2. The van der Waals surface area contributed by atoms with E-state index in [0.29, 0.717) is 37.8 Å². The maximum absolute atomic E-state index is 11.6. The fourth-order valence-corrected chi connectivity index (χ4v) is 2.67. The van der Waals surface area contributed by atoms with Crippen molar-refractivity contribution in [2.75, 3.05) is 25.0 Å². The van der Waals surface area contributed by atoms with E-state index in [1.54, 1.807) is 0 Å². The van der Waals surface area contributed by atoms with Gasteiger partial charge in [0, 0.05) is 12.8 Å². The number of rotatable bonds is 4. The average molecular weight is 299 g/mol. The van der Waals surface area contributed by atoms with Crippen molar-refractivity contribution >= 4 is 29.4 Å². The molecule has 0 aromatic rings. The van der Waals surface area contributed by atoms with Crippen LogP contribution in [0.25, 0.3) is 0 Å². The number of hydrogen-bond donors (Lipinski definition) is 0. The van der Waals surface area contributed by atoms with Crippen LogP contribution >= 0.6 is 23.2 Å². The van der Waals surface area contributed by atoms with Crippen LogP contribution < -0.4 is 0 Å². The molecule has 0 saturated carbocycles. The Morgan fingerprint density at radius 2 is 1.44 bits per heavy atom. The number of hydrogen-bond acceptors (Lipinski definition) is 5. The second kappa shape index (κ2) is 6.80. The van der Waals surface area contributed by atoms with E-state index in [1.807, 2.05) is 0 Å². The lowest BCUT2D eigenvalue weighted by molar-refractivity contribution is -0.0343. The van der Waals surface area contributed by atoms with Crippen molar-refractivity contribution < 1.29 is 23.7 Å². The van der Waals surface area contributed by atoms with Crippen LogP contribution in [0, 0.1) is 0 Å². The lowest BCUT2D eigenvalue weighted by Gasteiger charge is -2.20. The molecule has 0 N–H and O–H groups in total. The van der Waals surface area contributed by atoms with E-state index in [1.165, 1.54) is 0 Å². The molecular weight excluding hydrogens is 283 g/mol. The SMILES string of the molecule is O=C(OC1CCOC1CCl)OC1CCOC1CCl. The Bertz CT molecular complexity index is 263. The summed E-state index contributed by atoms with van der Waals surface area (Å²) in [6.45, 7) is 1.10. The maximum Gasteiger partial charge on any atom is 0.509 e. The van der Waals surface area contributed by atoms with Gasteiger partial charge in [-0.05, 0) is 0 Å². The van der Waals surface area contributed by atoms with Gasteiger partial charge in [-0.15, -0.1) is 23.2 Å². The van der Waals surface area contributed by atoms with Gasteiger partial charge in [-0.3, -0.25) is 0 Å². The van der Waals surface area contributed by atoms with Gasteiger partial charge in [0.25, 0.3) is 0 Å². The summed E-state index contributed by atoms with van der Waals surface area (Å²) in [6.07, 6.45) is -0.561. The highest BCUT2D eigenvalue weighted by Gasteiger charge is 2.35. The first-order valence-corrected chi connectivity index (χ1v) is 7.04. The van der Waals surface area contributed by atoms with Crippen molar-refractivity contribution in [3.63, 3.8) is 0 Å². The molecule has 0 aromatic carbocycles. The molecule has 2 aliphatic rings. The highest BCUT2D eigenvalue weighted by molar-refractivity contribution is 6.18. The van der Waals surface area contributed by atoms with Crippen LogP contribution in [0.5, 0.6) is 0 Å². The lowest BCUT2D eigenvalue weighted by atomic mass is 10.2. The molecule has 2 saturated heterocycles. The summed E-state index contributed by atoms with van der Waals surface area (Å²) in [5, 5.41) is 0. The predicted octanol–water partition coefficient (Wildman–Crippen LogP) is 1.93. The van der Waals surface area contributed by atoms with Crippen LogP contribution in [0.1, 0.15) is 12.8 Å². The molecular formula is C11H16Cl2O5. The molecule has 2 heterocycles. The Morgan fingerprint density at radius 1 is 1.00 bits per heavy atom. The molecule has 0 spiro atoms. The van der Waals surface area contributed by atoms with Gasteiger partial charge in [0.05, 0.1) is 25.0 Å². The zero-order valence-electron chi connectivity index (χ0n) is 9.85. The molecule has 2 aliphatic heterocycles. The Labute approximate surface area is 116 Å². The van der Waals surface area contributed by atoms with E-state index >= 15 is 0 Å². The number of carbonyl (C=O) groups excluding carboxylic acids is 1. The molecule has 2 fully saturated rings. The number of carbonyl (C=O) groups is 1. The molecule has 4 atom stereocenters. The van der Waals surface area contributed by atoms with Crippen molar-refractivity contribution in [1.29, 1.82) is 0 Å². The van der Waals surface area contributed by atoms with Gasteiger partial charge in [0.15, 0.2) is 0 Å². The first-order chi connectivity index (χ1) is 8.74. The third-order valence-corrected chi connectivity index (χ3v) is 3.71. The summed E-state index contributed by atoms with van der Waals surface area (Å²) in [5.41, 5.74) is 0. The van der Waals surface area contributed by atoms with E-state index in [-0.39, 0.29) is 24.4 Å². The lowest BCUT2D eigenvalue weighted by Crippen LogP contribution is -2.33. The van der Waals surface area contributed by atoms with Crippen LogP contribution in [-0.2, 0) is 18.9 Å². The number of alkyl halides is 2. The molecule has 7 heteroatoms. The number of ether oxygens (including phenoxy) is 4. The van der Waals surface area contributed by atoms with Gasteiger partial charge in [-0.25, -0.2) is 4.79 Å². The van der Waals surface area contributed by atoms with Crippen molar-refractivity contribution in [1.82, 2.24) is 0 Å². The highest BCUT2D eigenvalue weighted by Crippen LogP contribution is 2.22. The molecule has 5 nitrogen and oxygen atoms in total. The summed E-state index contributed by atoms with van der Waals surface area (Å²) in [6, 6.07) is 0. The molecule has 104 valence electrons. The van der Waals surface area contributed by atoms with Crippen LogP contribution in [0.3, 0.4) is 0 Å². The van der Waals surface area contributed by atoms with E-state index in [9.17, 15) is 4.79 Å². The normalized spacial score (nSPS) is 35.7. The average Bonchev–Trinajstić information content (AvgIpc) is 2.97. The monoisotopic (exact) mass is 298 g/mol. The van der Waals surface area contributed by atoms with Gasteiger partial charge >= 0.3 is 6.16 Å². The molecule has 0 aliphatic carbocycles. The molecule has 0 radical (unpaired) electrons. The topological polar surface area (TPSA) is 54.0 Å². The molecule has 0 aromatic heterocycles. The summed E-state index contributed by atoms with van der Waals surface area (Å²) >= 11 is 11.4. The minimum Gasteiger partial charge on any atom is -0.428 e. The molecule has 4 unspecified atom stereocenters. The quantitative estimate of drug-likeness (QED) is 0.586. The van der Waals surface area contributed by atoms with Crippen molar-refractivity contribution in [3.8, 4) is 0 Å². The van der Waals surface area contributed by atoms with Gasteiger partial charge < -0.3 is 18.9 Å². The van der Waals surface area contributed by atoms with Crippen LogP contribution in [0.4, 0.5) is 4.79 Å². The minimum atomic E-state index is -0.703. The van der Waals surface area contributed by atoms with E-state index in [0.717, 1.165) is 0 Å². The fraction of sp³-hybridized carbons (Fsp3) is 0.909. The summed E-state index contributed by atoms with van der Waals surface area (Å²) in [5.74, 6) is 0.601. The van der Waals surface area contributed by atoms with Gasteiger partial charge in [0.2, 0.25) is 0 Å². The second-order valence-electron chi connectivity index (χ2n) is 4.27. The molecule has 0 amide bonds. The summed E-state index contributed by atoms with van der Waals surface area (Å²) in [4.78, 5) is 11.6. The van der Waals surface area contributed by atoms with Crippen LogP contribution in [0.2, 0.25) is 0 Å². The van der Waals surface area contributed by atoms with Crippen molar-refractivity contribution in [3.05, 3.63) is 0 Å². The van der Waals surface area contributed by atoms with Gasteiger partial charge in [-0.2, -0.15) is 0 Å². The molecule has 0 bridgehead atoms. The smallest absolute Gasteiger partial charge is 0.428 e. The second-order valence-corrected chi connectivity index (χ2v) is 4.88. The Balaban J connectivity index is 1.78. The van der Waals surface area contributed by atoms with E-state index < -0.39 is 6.16 Å². The predicted molar refractivity (Wildman–Crippen MR) is 65.3 cm³/mol. The van der Waals surface area contributed by atoms with Gasteiger partial charge in [-0.1, -0.05) is 0 Å². The third-order valence-electron chi connectivity index (χ3n) is 3.10. The Kier molecular flexibility index (Phi) is 5.36.